The summed E-state index contributed by atoms with van der Waals surface area (Å²) >= 11 is 0. The van der Waals surface area contributed by atoms with E-state index in [1.807, 2.05) is 0 Å². The first-order chi connectivity index (χ1) is 39.7. The number of hydrogen-bond donors (Lipinski definition) is 0. The topological polar surface area (TPSA) is 322 Å². The third kappa shape index (κ3) is 14.3. The zero-order chi connectivity index (χ0) is 62.2. The summed E-state index contributed by atoms with van der Waals surface area (Å²) in [4.78, 5) is 131. The van der Waals surface area contributed by atoms with Crippen molar-refractivity contribution in [1.82, 2.24) is 0 Å². The van der Waals surface area contributed by atoms with Crippen molar-refractivity contribution >= 4 is 64.5 Å². The molecular weight excluding hydrogens is 1110 g/mol. The highest BCUT2D eigenvalue weighted by atomic mass is 16.7. The number of carbonyl (C=O) groups excluding carboxylic acids is 9. The van der Waals surface area contributed by atoms with Gasteiger partial charge in [-0.3, -0.25) is 47.9 Å². The minimum Gasteiger partial charge on any atom is -0.496 e. The number of carbonyl (C=O) groups is 9. The number of fused-ring (bicyclic) bond motifs is 1. The first-order valence-corrected chi connectivity index (χ1v) is 26.0. The molecule has 84 heavy (non-hydrogen) atoms. The average Bonchev–Trinajstić information content (AvgIpc) is 1.28. The van der Waals surface area contributed by atoms with Gasteiger partial charge in [-0.15, -0.1) is 0 Å². The molecule has 4 aromatic rings. The fourth-order valence-electron chi connectivity index (χ4n) is 10.4. The first kappa shape index (κ1) is 64.4. The summed E-state index contributed by atoms with van der Waals surface area (Å²) in [6.07, 6.45) is -16.3. The zero-order valence-electron chi connectivity index (χ0n) is 48.9. The van der Waals surface area contributed by atoms with Crippen molar-refractivity contribution in [3.8, 4) is 40.1 Å². The normalized spacial score (nSPS) is 21.8. The smallest absolute Gasteiger partial charge is 0.303 e. The fourth-order valence-corrected chi connectivity index (χ4v) is 10.4. The van der Waals surface area contributed by atoms with Crippen LogP contribution in [0.3, 0.4) is 0 Å². The van der Waals surface area contributed by atoms with Crippen LogP contribution in [0.25, 0.3) is 22.3 Å². The van der Waals surface area contributed by atoms with Gasteiger partial charge in [-0.1, -0.05) is 6.07 Å². The second kappa shape index (κ2) is 27.5. The Bertz CT molecular complexity index is 3280. The molecule has 0 aliphatic carbocycles. The van der Waals surface area contributed by atoms with Crippen LogP contribution in [0.4, 0.5) is 0 Å². The van der Waals surface area contributed by atoms with E-state index < -0.39 is 140 Å². The maximum Gasteiger partial charge on any atom is 0.303 e. The molecule has 26 nitrogen and oxygen atoms in total. The zero-order valence-corrected chi connectivity index (χ0v) is 48.9. The highest BCUT2D eigenvalue weighted by molar-refractivity contribution is 6.03. The van der Waals surface area contributed by atoms with E-state index in [1.165, 1.54) is 47.7 Å². The average molecular weight is 1180 g/mol. The van der Waals surface area contributed by atoms with Gasteiger partial charge in [0.15, 0.2) is 53.4 Å². The summed E-state index contributed by atoms with van der Waals surface area (Å²) in [6, 6.07) is 7.19. The highest BCUT2D eigenvalue weighted by Crippen LogP contribution is 2.50. The Morgan fingerprint density at radius 3 is 1.32 bits per heavy atom. The third-order valence-corrected chi connectivity index (χ3v) is 13.3. The molecule has 0 bridgehead atoms. The van der Waals surface area contributed by atoms with Crippen LogP contribution < -0.4 is 29.1 Å². The lowest BCUT2D eigenvalue weighted by Gasteiger charge is -2.45. The van der Waals surface area contributed by atoms with Crippen LogP contribution in [-0.4, -0.2) is 151 Å². The van der Waals surface area contributed by atoms with E-state index in [0.717, 1.165) is 61.5 Å². The molecule has 2 saturated heterocycles. The van der Waals surface area contributed by atoms with E-state index >= 15 is 4.79 Å². The lowest BCUT2D eigenvalue weighted by Crippen LogP contribution is -2.59. The Morgan fingerprint density at radius 2 is 0.893 bits per heavy atom. The lowest BCUT2D eigenvalue weighted by molar-refractivity contribution is -0.254. The number of hydrogen-bond acceptors (Lipinski definition) is 26. The molecule has 10 atom stereocenters. The molecule has 3 heterocycles. The molecule has 3 aromatic carbocycles. The van der Waals surface area contributed by atoms with Gasteiger partial charge in [-0.05, 0) is 42.7 Å². The number of rotatable bonds is 21. The second-order valence-electron chi connectivity index (χ2n) is 19.4. The molecule has 454 valence electrons. The van der Waals surface area contributed by atoms with Gasteiger partial charge in [-0.2, -0.15) is 0 Å². The van der Waals surface area contributed by atoms with Crippen LogP contribution in [0, 0.1) is 13.8 Å². The van der Waals surface area contributed by atoms with Gasteiger partial charge >= 0.3 is 47.8 Å². The van der Waals surface area contributed by atoms with Crippen LogP contribution in [-0.2, 0) is 92.1 Å². The molecule has 0 spiro atoms. The Morgan fingerprint density at radius 1 is 0.464 bits per heavy atom. The first-order valence-electron chi connectivity index (χ1n) is 26.0. The number of Topliss-reactive ketones (excluding diaryl/α,β-unsaturated/α-hetero) is 1. The quantitative estimate of drug-likeness (QED) is 0.0592. The molecule has 26 heteroatoms. The second-order valence-corrected chi connectivity index (χ2v) is 19.4. The largest absolute Gasteiger partial charge is 0.496 e. The van der Waals surface area contributed by atoms with E-state index in [9.17, 15) is 43.2 Å². The molecule has 0 saturated carbocycles. The standard InChI is InChI=1S/C58H66O26/c1-24-16-34(19-35(67)44-25(2)18-38(70-12)47(51(44)73-15)53-57(80-32(9)65)55(78-30(7)63)49(76-28(5)61)42(83-53)22-74-26(3)59)45(37(17-24)69-11)41-20-36(68)46-39(71-13)21-40(72-14)48(52(46)82-41)54-58(81-33(10)66)56(79-31(8)64)50(77-29(6)62)43(84-54)23-75-27(4)60/h16-18,20-21,42-43,49-50,53-58H,19,22-23H2,1-15H3/t42-,43-,49-,50-,53+,54+,55+,56+,57+,58+/m1/s1. The van der Waals surface area contributed by atoms with Crippen molar-refractivity contribution < 1.29 is 119 Å². The minimum atomic E-state index is -1.70. The number of esters is 8. The molecule has 2 aliphatic heterocycles. The van der Waals surface area contributed by atoms with Crippen molar-refractivity contribution in [3.05, 3.63) is 73.9 Å². The molecule has 6 rings (SSSR count). The van der Waals surface area contributed by atoms with E-state index in [4.69, 9.17) is 75.5 Å². The molecule has 0 unspecified atom stereocenters. The molecular formula is C58H66O26. The van der Waals surface area contributed by atoms with Crippen molar-refractivity contribution in [1.29, 1.82) is 0 Å². The van der Waals surface area contributed by atoms with E-state index in [-0.39, 0.29) is 78.9 Å². The predicted molar refractivity (Wildman–Crippen MR) is 286 cm³/mol. The number of aryl methyl sites for hydroxylation is 2. The van der Waals surface area contributed by atoms with Crippen LogP contribution >= 0.6 is 0 Å². The summed E-state index contributed by atoms with van der Waals surface area (Å²) in [5.74, 6) is -7.94. The number of benzene rings is 3. The summed E-state index contributed by atoms with van der Waals surface area (Å²) in [5.41, 5.74) is -0.184. The van der Waals surface area contributed by atoms with Crippen molar-refractivity contribution in [2.24, 2.45) is 0 Å². The summed E-state index contributed by atoms with van der Waals surface area (Å²) in [5, 5.41) is -0.207. The van der Waals surface area contributed by atoms with Crippen LogP contribution in [0.15, 0.2) is 39.5 Å². The van der Waals surface area contributed by atoms with E-state index in [0.29, 0.717) is 5.56 Å². The summed E-state index contributed by atoms with van der Waals surface area (Å²) < 4.78 is 94.2. The fraction of sp³-hybridized carbons (Fsp3) is 0.483. The molecule has 0 amide bonds. The number of ether oxygens (including phenoxy) is 15. The van der Waals surface area contributed by atoms with E-state index in [1.54, 1.807) is 26.0 Å². The molecule has 0 N–H and O–H groups in total. The van der Waals surface area contributed by atoms with Gasteiger partial charge in [0, 0.05) is 73.9 Å². The molecule has 0 radical (unpaired) electrons. The van der Waals surface area contributed by atoms with E-state index in [2.05, 4.69) is 0 Å². The molecule has 1 aromatic heterocycles. The van der Waals surface area contributed by atoms with Crippen LogP contribution in [0.1, 0.15) is 106 Å². The van der Waals surface area contributed by atoms with Gasteiger partial charge in [0.25, 0.3) is 0 Å². The Balaban J connectivity index is 1.62. The van der Waals surface area contributed by atoms with Gasteiger partial charge in [-0.25, -0.2) is 0 Å². The Labute approximate surface area is 481 Å². The van der Waals surface area contributed by atoms with Crippen LogP contribution in [0.5, 0.6) is 28.7 Å². The summed E-state index contributed by atoms with van der Waals surface area (Å²) in [6.45, 7) is 10.8. The highest BCUT2D eigenvalue weighted by Gasteiger charge is 2.56. The van der Waals surface area contributed by atoms with Gasteiger partial charge in [0.1, 0.15) is 77.5 Å². The molecule has 2 aliphatic rings. The van der Waals surface area contributed by atoms with Gasteiger partial charge in [0.05, 0.1) is 57.8 Å². The van der Waals surface area contributed by atoms with Gasteiger partial charge in [0.2, 0.25) is 0 Å². The summed E-state index contributed by atoms with van der Waals surface area (Å²) in [7, 11) is 6.44. The Kier molecular flexibility index (Phi) is 21.1. The minimum absolute atomic E-state index is 0.0241. The Hall–Kier alpha value is -8.78. The van der Waals surface area contributed by atoms with Crippen LogP contribution in [0.2, 0.25) is 0 Å². The van der Waals surface area contributed by atoms with Crippen molar-refractivity contribution in [2.45, 2.75) is 137 Å². The maximum atomic E-state index is 15.4. The maximum absolute atomic E-state index is 15.4. The number of methoxy groups -OCH3 is 5. The lowest BCUT2D eigenvalue weighted by atomic mass is 9.86. The predicted octanol–water partition coefficient (Wildman–Crippen LogP) is 5.14. The molecule has 2 fully saturated rings. The van der Waals surface area contributed by atoms with Gasteiger partial charge < -0.3 is 75.5 Å². The third-order valence-electron chi connectivity index (χ3n) is 13.3. The van der Waals surface area contributed by atoms with Crippen molar-refractivity contribution in [3.63, 3.8) is 0 Å². The van der Waals surface area contributed by atoms with Crippen molar-refractivity contribution in [2.75, 3.05) is 48.8 Å². The monoisotopic (exact) mass is 1180 g/mol. The number of ketones is 1. The SMILES string of the molecule is COc1cc(C)cc(CC(=O)c2c(C)cc(OC)c([C@@H]3O[C@H](COC(C)=O)[C@@H](OC(C)=O)[C@H](OC(C)=O)[C@H]3OC(C)=O)c2OC)c1-c1cc(=O)c2c(OC)cc(OC)c([C@@H]3O[C@H](COC(C)=O)[C@@H](OC(C)=O)[C@H](OC(C)=O)[C@H]3OC(C)=O)c2o1.